The molecule has 4 nitrogen and oxygen atoms in total. The Bertz CT molecular complexity index is 904. The summed E-state index contributed by atoms with van der Waals surface area (Å²) in [7, 11) is 0. The number of aliphatic hydroxyl groups is 1. The van der Waals surface area contributed by atoms with Crippen molar-refractivity contribution >= 4 is 17.3 Å². The van der Waals surface area contributed by atoms with Crippen LogP contribution in [0, 0.1) is 5.92 Å². The molecule has 0 radical (unpaired) electrons. The molecule has 7 heteroatoms. The van der Waals surface area contributed by atoms with Crippen LogP contribution in [0.4, 0.5) is 24.5 Å². The first-order valence-electron chi connectivity index (χ1n) is 10.3. The fraction of sp³-hybridized carbons (Fsp3) is 0.435. The molecule has 2 N–H and O–H groups in total. The molecule has 2 aliphatic rings. The van der Waals surface area contributed by atoms with Gasteiger partial charge in [0.25, 0.3) is 0 Å². The minimum absolute atomic E-state index is 0.0319. The van der Waals surface area contributed by atoms with Crippen molar-refractivity contribution in [3.63, 3.8) is 0 Å². The van der Waals surface area contributed by atoms with Crippen LogP contribution in [0.25, 0.3) is 0 Å². The number of aryl methyl sites for hydroxylation is 1. The SMILES string of the molecule is O=C(Nc1cccc2c1C[C@@H](O)CC2)C1CCN(c2ccc(C(F)(F)F)cc2)CC1. The number of nitrogens with zero attached hydrogens (tertiary/aromatic N) is 1. The Morgan fingerprint density at radius 2 is 1.73 bits per heavy atom. The van der Waals surface area contributed by atoms with Gasteiger partial charge in [-0.2, -0.15) is 13.2 Å². The lowest BCUT2D eigenvalue weighted by Gasteiger charge is -2.33. The Morgan fingerprint density at radius 3 is 2.40 bits per heavy atom. The lowest BCUT2D eigenvalue weighted by Crippen LogP contribution is -2.38. The maximum absolute atomic E-state index is 12.8. The Balaban J connectivity index is 1.36. The fourth-order valence-electron chi connectivity index (χ4n) is 4.38. The van der Waals surface area contributed by atoms with Crippen LogP contribution < -0.4 is 10.2 Å². The predicted molar refractivity (Wildman–Crippen MR) is 109 cm³/mol. The number of fused-ring (bicyclic) bond motifs is 1. The first-order chi connectivity index (χ1) is 14.3. The van der Waals surface area contributed by atoms with Crippen molar-refractivity contribution < 1.29 is 23.1 Å². The number of carbonyl (C=O) groups is 1. The molecule has 1 heterocycles. The van der Waals surface area contributed by atoms with Crippen LogP contribution in [-0.2, 0) is 23.8 Å². The molecule has 2 aromatic rings. The lowest BCUT2D eigenvalue weighted by molar-refractivity contribution is -0.137. The minimum atomic E-state index is -4.34. The second-order valence-electron chi connectivity index (χ2n) is 8.14. The number of aliphatic hydroxyl groups excluding tert-OH is 1. The number of hydrogen-bond donors (Lipinski definition) is 2. The molecule has 2 aromatic carbocycles. The third-order valence-electron chi connectivity index (χ3n) is 6.14. The van der Waals surface area contributed by atoms with Gasteiger partial charge in [0.2, 0.25) is 5.91 Å². The Kier molecular flexibility index (Phi) is 5.73. The Hall–Kier alpha value is -2.54. The number of rotatable bonds is 3. The molecule has 1 saturated heterocycles. The zero-order chi connectivity index (χ0) is 21.3. The van der Waals surface area contributed by atoms with Gasteiger partial charge >= 0.3 is 6.18 Å². The quantitative estimate of drug-likeness (QED) is 0.777. The molecule has 0 aromatic heterocycles. The highest BCUT2D eigenvalue weighted by Crippen LogP contribution is 2.32. The second kappa shape index (κ2) is 8.30. The largest absolute Gasteiger partial charge is 0.416 e. The fourth-order valence-corrected chi connectivity index (χ4v) is 4.38. The van der Waals surface area contributed by atoms with E-state index in [1.54, 1.807) is 0 Å². The van der Waals surface area contributed by atoms with Crippen molar-refractivity contribution in [2.75, 3.05) is 23.3 Å². The van der Waals surface area contributed by atoms with E-state index in [0.29, 0.717) is 32.4 Å². The van der Waals surface area contributed by atoms with Gasteiger partial charge in [-0.1, -0.05) is 12.1 Å². The van der Waals surface area contributed by atoms with E-state index in [0.717, 1.165) is 41.9 Å². The van der Waals surface area contributed by atoms with Crippen LogP contribution in [0.5, 0.6) is 0 Å². The molecule has 0 bridgehead atoms. The average Bonchev–Trinajstić information content (AvgIpc) is 2.74. The van der Waals surface area contributed by atoms with Crippen LogP contribution >= 0.6 is 0 Å². The van der Waals surface area contributed by atoms with Gasteiger partial charge in [0, 0.05) is 36.8 Å². The first kappa shape index (κ1) is 20.7. The number of nitrogens with one attached hydrogen (secondary N) is 1. The Labute approximate surface area is 173 Å². The van der Waals surface area contributed by atoms with Gasteiger partial charge in [-0.25, -0.2) is 0 Å². The molecule has 160 valence electrons. The predicted octanol–water partition coefficient (Wildman–Crippen LogP) is 4.41. The van der Waals surface area contributed by atoms with Crippen LogP contribution in [0.1, 0.15) is 36.0 Å². The number of hydrogen-bond acceptors (Lipinski definition) is 3. The van der Waals surface area contributed by atoms with E-state index in [1.807, 2.05) is 23.1 Å². The van der Waals surface area contributed by atoms with Gasteiger partial charge in [0.1, 0.15) is 0 Å². The molecule has 1 atom stereocenters. The smallest absolute Gasteiger partial charge is 0.393 e. The third kappa shape index (κ3) is 4.46. The van der Waals surface area contributed by atoms with E-state index in [2.05, 4.69) is 5.32 Å². The van der Waals surface area contributed by atoms with Crippen LogP contribution in [0.15, 0.2) is 42.5 Å². The molecule has 1 aliphatic carbocycles. The van der Waals surface area contributed by atoms with Gasteiger partial charge in [-0.15, -0.1) is 0 Å². The van der Waals surface area contributed by atoms with E-state index < -0.39 is 11.7 Å². The highest BCUT2D eigenvalue weighted by molar-refractivity contribution is 5.93. The van der Waals surface area contributed by atoms with E-state index in [1.165, 1.54) is 17.7 Å². The summed E-state index contributed by atoms with van der Waals surface area (Å²) in [6, 6.07) is 11.0. The first-order valence-corrected chi connectivity index (χ1v) is 10.3. The van der Waals surface area contributed by atoms with Crippen molar-refractivity contribution in [1.82, 2.24) is 0 Å². The van der Waals surface area contributed by atoms with E-state index in [-0.39, 0.29) is 17.9 Å². The topological polar surface area (TPSA) is 52.6 Å². The molecule has 0 saturated carbocycles. The van der Waals surface area contributed by atoms with Gasteiger partial charge in [0.05, 0.1) is 11.7 Å². The summed E-state index contributed by atoms with van der Waals surface area (Å²) in [5.41, 5.74) is 3.06. The number of piperidine rings is 1. The summed E-state index contributed by atoms with van der Waals surface area (Å²) in [6.07, 6.45) is -1.32. The maximum Gasteiger partial charge on any atom is 0.416 e. The van der Waals surface area contributed by atoms with Gasteiger partial charge < -0.3 is 15.3 Å². The number of amides is 1. The molecule has 30 heavy (non-hydrogen) atoms. The van der Waals surface area contributed by atoms with Crippen molar-refractivity contribution in [1.29, 1.82) is 0 Å². The van der Waals surface area contributed by atoms with Gasteiger partial charge in [-0.05, 0) is 67.1 Å². The summed E-state index contributed by atoms with van der Waals surface area (Å²) in [5, 5.41) is 13.0. The number of carbonyl (C=O) groups excluding carboxylic acids is 1. The molecule has 0 unspecified atom stereocenters. The van der Waals surface area contributed by atoms with Crippen LogP contribution in [-0.4, -0.2) is 30.2 Å². The van der Waals surface area contributed by atoms with E-state index in [4.69, 9.17) is 0 Å². The summed E-state index contributed by atoms with van der Waals surface area (Å²) < 4.78 is 38.2. The zero-order valence-corrected chi connectivity index (χ0v) is 16.6. The van der Waals surface area contributed by atoms with Crippen LogP contribution in [0.3, 0.4) is 0 Å². The van der Waals surface area contributed by atoms with Gasteiger partial charge in [-0.3, -0.25) is 4.79 Å². The molecule has 1 fully saturated rings. The molecule has 1 aliphatic heterocycles. The minimum Gasteiger partial charge on any atom is -0.393 e. The highest BCUT2D eigenvalue weighted by atomic mass is 19.4. The van der Waals surface area contributed by atoms with E-state index >= 15 is 0 Å². The number of anilines is 2. The summed E-state index contributed by atoms with van der Waals surface area (Å²) in [6.45, 7) is 1.24. The van der Waals surface area contributed by atoms with Gasteiger partial charge in [0.15, 0.2) is 0 Å². The van der Waals surface area contributed by atoms with Crippen molar-refractivity contribution in [3.8, 4) is 0 Å². The highest BCUT2D eigenvalue weighted by Gasteiger charge is 2.31. The summed E-state index contributed by atoms with van der Waals surface area (Å²) in [5.74, 6) is -0.171. The lowest BCUT2D eigenvalue weighted by atomic mass is 9.88. The zero-order valence-electron chi connectivity index (χ0n) is 16.6. The molecular formula is C23H25F3N2O2. The number of benzene rings is 2. The average molecular weight is 418 g/mol. The monoisotopic (exact) mass is 418 g/mol. The van der Waals surface area contributed by atoms with Crippen molar-refractivity contribution in [3.05, 3.63) is 59.2 Å². The summed E-state index contributed by atoms with van der Waals surface area (Å²) in [4.78, 5) is 14.8. The van der Waals surface area contributed by atoms with Crippen LogP contribution in [0.2, 0.25) is 0 Å². The molecular weight excluding hydrogens is 393 g/mol. The Morgan fingerprint density at radius 1 is 1.03 bits per heavy atom. The van der Waals surface area contributed by atoms with Crippen molar-refractivity contribution in [2.45, 2.75) is 44.4 Å². The second-order valence-corrected chi connectivity index (χ2v) is 8.14. The third-order valence-corrected chi connectivity index (χ3v) is 6.14. The van der Waals surface area contributed by atoms with E-state index in [9.17, 15) is 23.1 Å². The molecule has 1 amide bonds. The number of alkyl halides is 3. The molecule has 0 spiro atoms. The molecule has 4 rings (SSSR count). The normalized spacial score (nSPS) is 20.0. The summed E-state index contributed by atoms with van der Waals surface area (Å²) >= 11 is 0. The number of halogens is 3. The standard InChI is InChI=1S/C23H25F3N2O2/c24-23(25,26)17-5-7-18(8-6-17)28-12-10-16(11-13-28)22(30)27-21-3-1-2-15-4-9-19(29)14-20(15)21/h1-3,5-8,16,19,29H,4,9-14H2,(H,27,30)/t19-/m0/s1. The maximum atomic E-state index is 12.8. The van der Waals surface area contributed by atoms with Crippen molar-refractivity contribution in [2.24, 2.45) is 5.92 Å².